The second kappa shape index (κ2) is 17.5. The summed E-state index contributed by atoms with van der Waals surface area (Å²) in [7, 11) is 6.97. The molecule has 2 aliphatic rings. The van der Waals surface area contributed by atoms with Crippen LogP contribution >= 0.6 is 0 Å². The molecule has 0 radical (unpaired) electrons. The van der Waals surface area contributed by atoms with Gasteiger partial charge in [-0.2, -0.15) is 0 Å². The molecule has 0 bridgehead atoms. The molecule has 2 heterocycles. The van der Waals surface area contributed by atoms with Crippen molar-refractivity contribution < 1.29 is 18.9 Å². The summed E-state index contributed by atoms with van der Waals surface area (Å²) in [4.78, 5) is 0. The van der Waals surface area contributed by atoms with Gasteiger partial charge in [0.05, 0.1) is 28.4 Å². The fraction of sp³-hybridized carbons (Fsp3) is 0.692. The van der Waals surface area contributed by atoms with E-state index in [1.54, 1.807) is 28.4 Å². The molecular formula is C39H62N2O4. The fourth-order valence-corrected chi connectivity index (χ4v) is 8.03. The van der Waals surface area contributed by atoms with Gasteiger partial charge in [-0.1, -0.05) is 58.8 Å². The number of nitrogens with one attached hydrogen (secondary N) is 2. The number of methoxy groups -OCH3 is 4. The van der Waals surface area contributed by atoms with E-state index in [0.717, 1.165) is 35.8 Å². The molecule has 2 aliphatic heterocycles. The lowest BCUT2D eigenvalue weighted by atomic mass is 9.78. The van der Waals surface area contributed by atoms with Crippen molar-refractivity contribution in [2.24, 2.45) is 11.8 Å². The highest BCUT2D eigenvalue weighted by Crippen LogP contribution is 2.43. The number of benzene rings is 2. The third-order valence-electron chi connectivity index (χ3n) is 10.4. The molecule has 0 saturated heterocycles. The van der Waals surface area contributed by atoms with E-state index in [9.17, 15) is 0 Å². The van der Waals surface area contributed by atoms with Gasteiger partial charge in [0.25, 0.3) is 0 Å². The molecule has 2 N–H and O–H groups in total. The smallest absolute Gasteiger partial charge is 0.161 e. The summed E-state index contributed by atoms with van der Waals surface area (Å²) in [6.45, 7) is 9.28. The largest absolute Gasteiger partial charge is 0.493 e. The van der Waals surface area contributed by atoms with Gasteiger partial charge in [-0.05, 0) is 111 Å². The van der Waals surface area contributed by atoms with Crippen LogP contribution in [0.1, 0.15) is 133 Å². The van der Waals surface area contributed by atoms with E-state index in [4.69, 9.17) is 18.9 Å². The van der Waals surface area contributed by atoms with Crippen LogP contribution in [0.3, 0.4) is 0 Å². The number of hydrogen-bond donors (Lipinski definition) is 2. The van der Waals surface area contributed by atoms with Crippen LogP contribution in [0.15, 0.2) is 24.3 Å². The van der Waals surface area contributed by atoms with Gasteiger partial charge in [-0.15, -0.1) is 0 Å². The normalized spacial score (nSPS) is 22.2. The summed E-state index contributed by atoms with van der Waals surface area (Å²) in [5.41, 5.74) is 5.64. The Morgan fingerprint density at radius 3 is 1.27 bits per heavy atom. The molecular weight excluding hydrogens is 560 g/mol. The van der Waals surface area contributed by atoms with Crippen LogP contribution in [0.2, 0.25) is 0 Å². The van der Waals surface area contributed by atoms with Crippen LogP contribution in [-0.4, -0.2) is 40.5 Å². The van der Waals surface area contributed by atoms with Gasteiger partial charge in [0.15, 0.2) is 23.0 Å². The number of fused-ring (bicyclic) bond motifs is 2. The average molecular weight is 623 g/mol. The Hall–Kier alpha value is -2.44. The molecule has 252 valence electrons. The van der Waals surface area contributed by atoms with Crippen LogP contribution in [0.4, 0.5) is 0 Å². The third-order valence-corrected chi connectivity index (χ3v) is 10.4. The highest BCUT2D eigenvalue weighted by Gasteiger charge is 2.33. The van der Waals surface area contributed by atoms with Gasteiger partial charge in [-0.3, -0.25) is 0 Å². The molecule has 2 aromatic carbocycles. The summed E-state index contributed by atoms with van der Waals surface area (Å²) in [5, 5.41) is 8.01. The lowest BCUT2D eigenvalue weighted by Crippen LogP contribution is -2.41. The Labute approximate surface area is 274 Å². The topological polar surface area (TPSA) is 61.0 Å². The van der Waals surface area contributed by atoms with Crippen molar-refractivity contribution in [1.82, 2.24) is 10.6 Å². The minimum absolute atomic E-state index is 0.365. The van der Waals surface area contributed by atoms with Crippen LogP contribution in [0, 0.1) is 11.8 Å². The van der Waals surface area contributed by atoms with Crippen molar-refractivity contribution in [3.05, 3.63) is 46.5 Å². The van der Waals surface area contributed by atoms with Gasteiger partial charge < -0.3 is 29.6 Å². The zero-order valence-electron chi connectivity index (χ0n) is 29.6. The Balaban J connectivity index is 1.44. The molecule has 2 aromatic rings. The number of hydrogen-bond acceptors (Lipinski definition) is 6. The predicted octanol–water partition coefficient (Wildman–Crippen LogP) is 9.14. The van der Waals surface area contributed by atoms with E-state index >= 15 is 0 Å². The van der Waals surface area contributed by atoms with Gasteiger partial charge in [0.2, 0.25) is 0 Å². The second-order valence-corrected chi connectivity index (χ2v) is 13.8. The first-order valence-corrected chi connectivity index (χ1v) is 17.9. The van der Waals surface area contributed by atoms with E-state index in [0.29, 0.717) is 36.0 Å². The summed E-state index contributed by atoms with van der Waals surface area (Å²) in [5.74, 6) is 4.61. The van der Waals surface area contributed by atoms with E-state index in [1.165, 1.54) is 92.9 Å². The zero-order valence-corrected chi connectivity index (χ0v) is 29.6. The molecule has 45 heavy (non-hydrogen) atoms. The first-order chi connectivity index (χ1) is 21.9. The van der Waals surface area contributed by atoms with Gasteiger partial charge in [0.1, 0.15) is 0 Å². The van der Waals surface area contributed by atoms with E-state index in [1.807, 2.05) is 0 Å². The number of unbranched alkanes of at least 4 members (excludes halogenated alkanes) is 4. The Morgan fingerprint density at radius 1 is 0.556 bits per heavy atom. The molecule has 0 amide bonds. The molecule has 6 nitrogen and oxygen atoms in total. The van der Waals surface area contributed by atoms with Gasteiger partial charge in [-0.25, -0.2) is 0 Å². The van der Waals surface area contributed by atoms with Crippen LogP contribution in [0.25, 0.3) is 0 Å². The summed E-state index contributed by atoms with van der Waals surface area (Å²) < 4.78 is 22.8. The Bertz CT molecular complexity index is 1110. The van der Waals surface area contributed by atoms with Crippen LogP contribution in [-0.2, 0) is 12.8 Å². The predicted molar refractivity (Wildman–Crippen MR) is 186 cm³/mol. The van der Waals surface area contributed by atoms with Crippen molar-refractivity contribution >= 4 is 0 Å². The quantitative estimate of drug-likeness (QED) is 0.162. The van der Waals surface area contributed by atoms with Crippen molar-refractivity contribution in [3.63, 3.8) is 0 Å². The molecule has 0 saturated carbocycles. The van der Waals surface area contributed by atoms with Crippen LogP contribution in [0.5, 0.6) is 23.0 Å². The first-order valence-electron chi connectivity index (χ1n) is 17.9. The third kappa shape index (κ3) is 8.88. The van der Waals surface area contributed by atoms with E-state index in [2.05, 4.69) is 62.6 Å². The molecule has 4 rings (SSSR count). The van der Waals surface area contributed by atoms with Crippen molar-refractivity contribution in [1.29, 1.82) is 0 Å². The molecule has 0 spiro atoms. The monoisotopic (exact) mass is 622 g/mol. The lowest BCUT2D eigenvalue weighted by molar-refractivity contribution is 0.257. The summed E-state index contributed by atoms with van der Waals surface area (Å²) >= 11 is 0. The standard InChI is InChI=1S/C39H62N2O4/c1-9-11-16-28(38-32-24-36(44-7)34(42-5)22-30(32)20-26(3)40-38)18-14-13-15-19-29(17-12-10-2)39-33-25-37(45-8)35(43-6)23-31(33)21-27(4)41-39/h22-29,38-41H,9-21H2,1-8H3/t26-,27-,28+,29+,38+,39+/m0/s1. The maximum Gasteiger partial charge on any atom is 0.161 e. The summed E-state index contributed by atoms with van der Waals surface area (Å²) in [6, 6.07) is 10.6. The van der Waals surface area contributed by atoms with E-state index < -0.39 is 0 Å². The minimum Gasteiger partial charge on any atom is -0.493 e. The summed E-state index contributed by atoms with van der Waals surface area (Å²) in [6.07, 6.45) is 16.0. The SMILES string of the molecule is CCCC[C@H](CCCCC[C@@H](CCCC)[C@H]1N[C@@H](C)Cc2cc(OC)c(OC)cc21)[C@H]1N[C@@H](C)Cc2cc(OC)c(OC)cc21. The fourth-order valence-electron chi connectivity index (χ4n) is 8.03. The maximum atomic E-state index is 5.73. The zero-order chi connectivity index (χ0) is 32.3. The average Bonchev–Trinajstić information content (AvgIpc) is 3.05. The van der Waals surface area contributed by atoms with E-state index in [-0.39, 0.29) is 0 Å². The lowest BCUT2D eigenvalue weighted by Gasteiger charge is -2.38. The molecule has 0 aliphatic carbocycles. The molecule has 6 atom stereocenters. The number of rotatable bonds is 18. The van der Waals surface area contributed by atoms with Crippen molar-refractivity contribution in [3.8, 4) is 23.0 Å². The maximum absolute atomic E-state index is 5.73. The first kappa shape index (κ1) is 35.4. The molecule has 0 fully saturated rings. The minimum atomic E-state index is 0.365. The van der Waals surface area contributed by atoms with Crippen LogP contribution < -0.4 is 29.6 Å². The van der Waals surface area contributed by atoms with Crippen molar-refractivity contribution in [2.75, 3.05) is 28.4 Å². The highest BCUT2D eigenvalue weighted by atomic mass is 16.5. The van der Waals surface area contributed by atoms with Crippen molar-refractivity contribution in [2.45, 2.75) is 135 Å². The Morgan fingerprint density at radius 2 is 0.911 bits per heavy atom. The second-order valence-electron chi connectivity index (χ2n) is 13.8. The highest BCUT2D eigenvalue weighted by molar-refractivity contribution is 5.51. The Kier molecular flexibility index (Phi) is 13.7. The number of ether oxygens (including phenoxy) is 4. The van der Waals surface area contributed by atoms with Gasteiger partial charge >= 0.3 is 0 Å². The molecule has 0 aromatic heterocycles. The molecule has 0 unspecified atom stereocenters. The molecule has 6 heteroatoms. The van der Waals surface area contributed by atoms with Gasteiger partial charge in [0, 0.05) is 24.2 Å².